The third-order valence-electron chi connectivity index (χ3n) is 3.72. The quantitative estimate of drug-likeness (QED) is 0.689. The van der Waals surface area contributed by atoms with E-state index >= 15 is 0 Å². The van der Waals surface area contributed by atoms with Gasteiger partial charge in [0.05, 0.1) is 18.8 Å². The van der Waals surface area contributed by atoms with Crippen molar-refractivity contribution in [3.05, 3.63) is 32.3 Å². The number of aromatic nitrogens is 4. The molecule has 0 unspecified atom stereocenters. The molecule has 0 N–H and O–H groups in total. The van der Waals surface area contributed by atoms with Crippen molar-refractivity contribution in [1.29, 1.82) is 0 Å². The number of hydrogen-bond acceptors (Lipinski definition) is 5. The SMILES string of the molecule is COCCn1c(=O)c2c(nc3oc(C)c(C)n32)n(C)c1=O. The van der Waals surface area contributed by atoms with E-state index in [1.165, 1.54) is 11.7 Å². The summed E-state index contributed by atoms with van der Waals surface area (Å²) in [7, 11) is 3.11. The zero-order valence-electron chi connectivity index (χ0n) is 12.3. The van der Waals surface area contributed by atoms with Gasteiger partial charge in [0, 0.05) is 14.2 Å². The Morgan fingerprint density at radius 1 is 1.29 bits per heavy atom. The Kier molecular flexibility index (Phi) is 2.98. The summed E-state index contributed by atoms with van der Waals surface area (Å²) in [5, 5.41) is 0. The minimum absolute atomic E-state index is 0.195. The van der Waals surface area contributed by atoms with Gasteiger partial charge in [0.15, 0.2) is 11.2 Å². The Labute approximate surface area is 119 Å². The second-order valence-corrected chi connectivity index (χ2v) is 4.94. The van der Waals surface area contributed by atoms with Crippen LogP contribution in [0.3, 0.4) is 0 Å². The number of hydrogen-bond donors (Lipinski definition) is 0. The molecule has 0 aromatic carbocycles. The third-order valence-corrected chi connectivity index (χ3v) is 3.72. The highest BCUT2D eigenvalue weighted by molar-refractivity contribution is 5.75. The Bertz CT molecular complexity index is 957. The van der Waals surface area contributed by atoms with Crippen LogP contribution < -0.4 is 11.2 Å². The van der Waals surface area contributed by atoms with Gasteiger partial charge in [0.1, 0.15) is 5.76 Å². The van der Waals surface area contributed by atoms with E-state index < -0.39 is 5.69 Å². The number of nitrogens with zero attached hydrogens (tertiary/aromatic N) is 4. The van der Waals surface area contributed by atoms with Gasteiger partial charge in [0.2, 0.25) is 0 Å². The molecule has 0 radical (unpaired) electrons. The first-order chi connectivity index (χ1) is 9.97. The zero-order chi connectivity index (χ0) is 15.3. The van der Waals surface area contributed by atoms with Gasteiger partial charge >= 0.3 is 11.5 Å². The maximum atomic E-state index is 12.6. The number of imidazole rings is 1. The van der Waals surface area contributed by atoms with Crippen LogP contribution in [0, 0.1) is 13.8 Å². The summed E-state index contributed by atoms with van der Waals surface area (Å²) in [4.78, 5) is 29.1. The summed E-state index contributed by atoms with van der Waals surface area (Å²) >= 11 is 0. The molecule has 0 aliphatic carbocycles. The molecule has 0 saturated carbocycles. The molecule has 3 aromatic heterocycles. The fourth-order valence-electron chi connectivity index (χ4n) is 2.43. The molecule has 0 amide bonds. The molecule has 112 valence electrons. The van der Waals surface area contributed by atoms with Crippen LogP contribution in [0.5, 0.6) is 0 Å². The average molecular weight is 292 g/mol. The van der Waals surface area contributed by atoms with E-state index in [0.29, 0.717) is 22.8 Å². The van der Waals surface area contributed by atoms with Crippen LogP contribution in [0.15, 0.2) is 14.0 Å². The lowest BCUT2D eigenvalue weighted by molar-refractivity contribution is 0.184. The maximum Gasteiger partial charge on any atom is 0.332 e. The Hall–Kier alpha value is -2.35. The minimum Gasteiger partial charge on any atom is -0.428 e. The number of methoxy groups -OCH3 is 1. The van der Waals surface area contributed by atoms with Crippen molar-refractivity contribution < 1.29 is 9.15 Å². The molecule has 0 aliphatic rings. The number of oxazole rings is 1. The standard InChI is InChI=1S/C13H16N4O4/c1-7-8(2)21-12-14-10-9(17(7)12)11(18)16(5-6-20-4)13(19)15(10)3/h5-6H2,1-4H3. The molecule has 0 aliphatic heterocycles. The lowest BCUT2D eigenvalue weighted by Crippen LogP contribution is -2.40. The van der Waals surface area contributed by atoms with Crippen molar-refractivity contribution in [1.82, 2.24) is 18.5 Å². The number of aryl methyl sites for hydroxylation is 3. The van der Waals surface area contributed by atoms with Gasteiger partial charge in [-0.25, -0.2) is 4.79 Å². The normalized spacial score (nSPS) is 11.8. The molecule has 0 spiro atoms. The third kappa shape index (κ3) is 1.75. The number of fused-ring (bicyclic) bond motifs is 3. The van der Waals surface area contributed by atoms with Crippen molar-refractivity contribution in [2.24, 2.45) is 7.05 Å². The number of ether oxygens (including phenoxy) is 1. The Morgan fingerprint density at radius 2 is 2.00 bits per heavy atom. The van der Waals surface area contributed by atoms with Gasteiger partial charge in [-0.15, -0.1) is 0 Å². The van der Waals surface area contributed by atoms with Crippen molar-refractivity contribution in [3.63, 3.8) is 0 Å². The Morgan fingerprint density at radius 3 is 2.67 bits per heavy atom. The number of rotatable bonds is 3. The van der Waals surface area contributed by atoms with E-state index in [1.54, 1.807) is 18.4 Å². The molecule has 0 saturated heterocycles. The van der Waals surface area contributed by atoms with Crippen molar-refractivity contribution in [3.8, 4) is 0 Å². The lowest BCUT2D eigenvalue weighted by atomic mass is 10.4. The summed E-state index contributed by atoms with van der Waals surface area (Å²) in [6.07, 6.45) is 0. The second-order valence-electron chi connectivity index (χ2n) is 4.94. The molecule has 0 bridgehead atoms. The van der Waals surface area contributed by atoms with Gasteiger partial charge in [-0.3, -0.25) is 18.3 Å². The summed E-state index contributed by atoms with van der Waals surface area (Å²) in [5.74, 6) is 1.01. The van der Waals surface area contributed by atoms with E-state index in [1.807, 2.05) is 6.92 Å². The summed E-state index contributed by atoms with van der Waals surface area (Å²) in [6.45, 7) is 4.13. The zero-order valence-corrected chi connectivity index (χ0v) is 12.3. The fraction of sp³-hybridized carbons (Fsp3) is 0.462. The first kappa shape index (κ1) is 13.6. The van der Waals surface area contributed by atoms with Crippen LogP contribution in [0.1, 0.15) is 11.5 Å². The smallest absolute Gasteiger partial charge is 0.332 e. The van der Waals surface area contributed by atoms with Gasteiger partial charge in [-0.1, -0.05) is 0 Å². The molecular weight excluding hydrogens is 276 g/mol. The monoisotopic (exact) mass is 292 g/mol. The molecule has 0 fully saturated rings. The molecule has 21 heavy (non-hydrogen) atoms. The first-order valence-electron chi connectivity index (χ1n) is 6.54. The maximum absolute atomic E-state index is 12.6. The molecule has 8 heteroatoms. The van der Waals surface area contributed by atoms with E-state index in [0.717, 1.165) is 10.3 Å². The molecule has 3 rings (SSSR count). The van der Waals surface area contributed by atoms with Gasteiger partial charge in [0.25, 0.3) is 5.56 Å². The van der Waals surface area contributed by atoms with Crippen LogP contribution in [0.25, 0.3) is 17.0 Å². The van der Waals surface area contributed by atoms with Crippen LogP contribution >= 0.6 is 0 Å². The fourth-order valence-corrected chi connectivity index (χ4v) is 2.43. The predicted molar refractivity (Wildman–Crippen MR) is 75.8 cm³/mol. The summed E-state index contributed by atoms with van der Waals surface area (Å²) < 4.78 is 14.6. The van der Waals surface area contributed by atoms with Gasteiger partial charge in [-0.05, 0) is 13.8 Å². The minimum atomic E-state index is -0.417. The topological polar surface area (TPSA) is 83.7 Å². The van der Waals surface area contributed by atoms with E-state index in [9.17, 15) is 9.59 Å². The average Bonchev–Trinajstić information content (AvgIpc) is 2.95. The summed E-state index contributed by atoms with van der Waals surface area (Å²) in [6, 6.07) is 0. The predicted octanol–water partition coefficient (Wildman–Crippen LogP) is 0.204. The molecular formula is C13H16N4O4. The van der Waals surface area contributed by atoms with E-state index in [2.05, 4.69) is 4.98 Å². The van der Waals surface area contributed by atoms with Gasteiger partial charge in [-0.2, -0.15) is 4.98 Å². The lowest BCUT2D eigenvalue weighted by Gasteiger charge is -2.07. The van der Waals surface area contributed by atoms with E-state index in [4.69, 9.17) is 9.15 Å². The Balaban J connectivity index is 2.49. The largest absolute Gasteiger partial charge is 0.428 e. The molecule has 3 aromatic rings. The van der Waals surface area contributed by atoms with Crippen molar-refractivity contribution in [2.75, 3.05) is 13.7 Å². The highest BCUT2D eigenvalue weighted by Gasteiger charge is 2.20. The van der Waals surface area contributed by atoms with Crippen LogP contribution in [0.2, 0.25) is 0 Å². The molecule has 3 heterocycles. The van der Waals surface area contributed by atoms with Crippen LogP contribution in [-0.4, -0.2) is 32.2 Å². The van der Waals surface area contributed by atoms with E-state index in [-0.39, 0.29) is 18.7 Å². The van der Waals surface area contributed by atoms with Crippen LogP contribution in [0.4, 0.5) is 0 Å². The first-order valence-corrected chi connectivity index (χ1v) is 6.54. The van der Waals surface area contributed by atoms with Crippen molar-refractivity contribution in [2.45, 2.75) is 20.4 Å². The van der Waals surface area contributed by atoms with Gasteiger partial charge < -0.3 is 9.15 Å². The van der Waals surface area contributed by atoms with Crippen molar-refractivity contribution >= 4 is 17.0 Å². The highest BCUT2D eigenvalue weighted by atomic mass is 16.5. The van der Waals surface area contributed by atoms with Crippen LogP contribution in [-0.2, 0) is 18.3 Å². The molecule has 0 atom stereocenters. The summed E-state index contributed by atoms with van der Waals surface area (Å²) in [5.41, 5.74) is 0.654. The second kappa shape index (κ2) is 4.59. The highest BCUT2D eigenvalue weighted by Crippen LogP contribution is 2.19. The molecule has 8 nitrogen and oxygen atoms in total.